The minimum Gasteiger partial charge on any atom is -0.436 e. The highest BCUT2D eigenvalue weighted by atomic mass is 19.2. The van der Waals surface area contributed by atoms with Crippen molar-refractivity contribution >= 4 is 0 Å². The quantitative estimate of drug-likeness (QED) is 0.910. The molecule has 3 nitrogen and oxygen atoms in total. The Balaban J connectivity index is 2.21. The largest absolute Gasteiger partial charge is 0.436 e. The Morgan fingerprint density at radius 3 is 2.61 bits per heavy atom. The smallest absolute Gasteiger partial charge is 0.219 e. The van der Waals surface area contributed by atoms with E-state index in [0.29, 0.717) is 0 Å². The van der Waals surface area contributed by atoms with E-state index in [4.69, 9.17) is 10.5 Å². The molecule has 0 aliphatic heterocycles. The van der Waals surface area contributed by atoms with Crippen LogP contribution in [0.15, 0.2) is 36.5 Å². The van der Waals surface area contributed by atoms with Crippen LogP contribution in [0.1, 0.15) is 18.5 Å². The third kappa shape index (κ3) is 2.62. The summed E-state index contributed by atoms with van der Waals surface area (Å²) in [5, 5.41) is 0. The molecule has 0 radical (unpaired) electrons. The molecule has 18 heavy (non-hydrogen) atoms. The maximum atomic E-state index is 13.3. The molecule has 2 N–H and O–H groups in total. The van der Waals surface area contributed by atoms with Crippen molar-refractivity contribution in [2.24, 2.45) is 5.73 Å². The lowest BCUT2D eigenvalue weighted by atomic mass is 10.2. The number of aromatic nitrogens is 1. The highest BCUT2D eigenvalue weighted by Crippen LogP contribution is 2.24. The van der Waals surface area contributed by atoms with Gasteiger partial charge in [0.25, 0.3) is 0 Å². The highest BCUT2D eigenvalue weighted by Gasteiger charge is 2.10. The number of nitrogens with two attached hydrogens (primary N) is 1. The first-order valence-electron chi connectivity index (χ1n) is 5.41. The van der Waals surface area contributed by atoms with Gasteiger partial charge in [-0.25, -0.2) is 9.37 Å². The van der Waals surface area contributed by atoms with Gasteiger partial charge in [0.15, 0.2) is 11.6 Å². The molecule has 2 rings (SSSR count). The summed E-state index contributed by atoms with van der Waals surface area (Å²) in [6.45, 7) is 1.82. The molecule has 94 valence electrons. The van der Waals surface area contributed by atoms with Gasteiger partial charge in [-0.05, 0) is 24.6 Å². The summed E-state index contributed by atoms with van der Waals surface area (Å²) in [5.41, 5.74) is 6.51. The van der Waals surface area contributed by atoms with Gasteiger partial charge >= 0.3 is 0 Å². The average molecular weight is 250 g/mol. The van der Waals surface area contributed by atoms with Crippen LogP contribution in [0.3, 0.4) is 0 Å². The van der Waals surface area contributed by atoms with Crippen LogP contribution >= 0.6 is 0 Å². The molecular formula is C13H12F2N2O. The van der Waals surface area contributed by atoms with Gasteiger partial charge < -0.3 is 10.5 Å². The molecule has 1 aromatic heterocycles. The van der Waals surface area contributed by atoms with Crippen LogP contribution in [0.25, 0.3) is 0 Å². The van der Waals surface area contributed by atoms with Gasteiger partial charge in [0, 0.05) is 18.3 Å². The van der Waals surface area contributed by atoms with E-state index >= 15 is 0 Å². The Bertz CT molecular complexity index is 541. The molecule has 1 aromatic carbocycles. The van der Waals surface area contributed by atoms with Gasteiger partial charge in [-0.2, -0.15) is 4.39 Å². The minimum absolute atomic E-state index is 0.141. The number of benzene rings is 1. The van der Waals surface area contributed by atoms with Crippen LogP contribution in [-0.4, -0.2) is 4.98 Å². The molecule has 1 heterocycles. The maximum Gasteiger partial charge on any atom is 0.219 e. The van der Waals surface area contributed by atoms with E-state index in [-0.39, 0.29) is 17.7 Å². The Hall–Kier alpha value is -2.01. The first-order valence-corrected chi connectivity index (χ1v) is 5.41. The second-order valence-electron chi connectivity index (χ2n) is 3.87. The Labute approximate surface area is 103 Å². The molecule has 1 atom stereocenters. The molecule has 0 saturated heterocycles. The van der Waals surface area contributed by atoms with Gasteiger partial charge in [0.1, 0.15) is 0 Å². The van der Waals surface area contributed by atoms with Gasteiger partial charge in [0.05, 0.1) is 0 Å². The SMILES string of the molecule is C[C@@H](N)c1ccc(Oc2cccc(F)c2F)nc1. The molecule has 0 unspecified atom stereocenters. The zero-order valence-electron chi connectivity index (χ0n) is 9.73. The topological polar surface area (TPSA) is 48.1 Å². The lowest BCUT2D eigenvalue weighted by Crippen LogP contribution is -2.05. The Morgan fingerprint density at radius 1 is 1.22 bits per heavy atom. The molecule has 0 amide bonds. The van der Waals surface area contributed by atoms with Gasteiger partial charge in [0.2, 0.25) is 11.7 Å². The van der Waals surface area contributed by atoms with Crippen LogP contribution < -0.4 is 10.5 Å². The normalized spacial score (nSPS) is 12.2. The monoisotopic (exact) mass is 250 g/mol. The Kier molecular flexibility index (Phi) is 3.53. The summed E-state index contributed by atoms with van der Waals surface area (Å²) in [7, 11) is 0. The molecule has 0 bridgehead atoms. The number of hydrogen-bond donors (Lipinski definition) is 1. The van der Waals surface area contributed by atoms with Gasteiger partial charge in [-0.3, -0.25) is 0 Å². The predicted octanol–water partition coefficient (Wildman–Crippen LogP) is 3.17. The summed E-state index contributed by atoms with van der Waals surface area (Å²) in [5.74, 6) is -2.00. The highest BCUT2D eigenvalue weighted by molar-refractivity contribution is 5.30. The van der Waals surface area contributed by atoms with Crippen molar-refractivity contribution in [3.8, 4) is 11.6 Å². The van der Waals surface area contributed by atoms with Crippen molar-refractivity contribution in [3.63, 3.8) is 0 Å². The van der Waals surface area contributed by atoms with Crippen LogP contribution in [-0.2, 0) is 0 Å². The summed E-state index contributed by atoms with van der Waals surface area (Å²) in [6.07, 6.45) is 1.54. The molecule has 0 saturated carbocycles. The predicted molar refractivity (Wildman–Crippen MR) is 63.3 cm³/mol. The van der Waals surface area contributed by atoms with E-state index in [1.807, 2.05) is 6.92 Å². The fourth-order valence-electron chi connectivity index (χ4n) is 1.40. The molecule has 0 aliphatic rings. The number of pyridine rings is 1. The van der Waals surface area contributed by atoms with Gasteiger partial charge in [-0.1, -0.05) is 12.1 Å². The van der Waals surface area contributed by atoms with Crippen molar-refractivity contribution in [3.05, 3.63) is 53.7 Å². The first-order chi connectivity index (χ1) is 8.58. The lowest BCUT2D eigenvalue weighted by Gasteiger charge is -2.08. The summed E-state index contributed by atoms with van der Waals surface area (Å²) >= 11 is 0. The summed E-state index contributed by atoms with van der Waals surface area (Å²) in [6, 6.07) is 6.86. The minimum atomic E-state index is -1.03. The second-order valence-corrected chi connectivity index (χ2v) is 3.87. The van der Waals surface area contributed by atoms with Crippen LogP contribution in [0.5, 0.6) is 11.6 Å². The Morgan fingerprint density at radius 2 is 2.00 bits per heavy atom. The number of halogens is 2. The molecule has 0 fully saturated rings. The molecular weight excluding hydrogens is 238 g/mol. The van der Waals surface area contributed by atoms with E-state index in [0.717, 1.165) is 11.6 Å². The van der Waals surface area contributed by atoms with Crippen LogP contribution in [0.4, 0.5) is 8.78 Å². The molecule has 0 aliphatic carbocycles. The van der Waals surface area contributed by atoms with E-state index in [9.17, 15) is 8.78 Å². The van der Waals surface area contributed by atoms with Crippen molar-refractivity contribution in [2.75, 3.05) is 0 Å². The third-order valence-corrected chi connectivity index (χ3v) is 2.42. The van der Waals surface area contributed by atoms with Crippen molar-refractivity contribution < 1.29 is 13.5 Å². The number of nitrogens with zero attached hydrogens (tertiary/aromatic N) is 1. The maximum absolute atomic E-state index is 13.3. The molecule has 2 aromatic rings. The van der Waals surface area contributed by atoms with Gasteiger partial charge in [-0.15, -0.1) is 0 Å². The van der Waals surface area contributed by atoms with Crippen molar-refractivity contribution in [2.45, 2.75) is 13.0 Å². The van der Waals surface area contributed by atoms with Crippen molar-refractivity contribution in [1.82, 2.24) is 4.98 Å². The fourth-order valence-corrected chi connectivity index (χ4v) is 1.40. The second kappa shape index (κ2) is 5.10. The van der Waals surface area contributed by atoms with Crippen LogP contribution in [0, 0.1) is 11.6 Å². The zero-order valence-corrected chi connectivity index (χ0v) is 9.73. The third-order valence-electron chi connectivity index (χ3n) is 2.42. The number of ether oxygens (including phenoxy) is 1. The van der Waals surface area contributed by atoms with Crippen LogP contribution in [0.2, 0.25) is 0 Å². The summed E-state index contributed by atoms with van der Waals surface area (Å²) < 4.78 is 31.5. The zero-order chi connectivity index (χ0) is 13.1. The van der Waals surface area contributed by atoms with E-state index in [2.05, 4.69) is 4.98 Å². The lowest BCUT2D eigenvalue weighted by molar-refractivity contribution is 0.405. The van der Waals surface area contributed by atoms with E-state index in [1.165, 1.54) is 18.3 Å². The number of hydrogen-bond acceptors (Lipinski definition) is 3. The first kappa shape index (κ1) is 12.4. The molecule has 5 heteroatoms. The van der Waals surface area contributed by atoms with E-state index < -0.39 is 11.6 Å². The van der Waals surface area contributed by atoms with E-state index in [1.54, 1.807) is 12.1 Å². The van der Waals surface area contributed by atoms with Crippen molar-refractivity contribution in [1.29, 1.82) is 0 Å². The average Bonchev–Trinajstić information content (AvgIpc) is 2.36. The fraction of sp³-hybridized carbons (Fsp3) is 0.154. The summed E-state index contributed by atoms with van der Waals surface area (Å²) in [4.78, 5) is 3.97. The number of rotatable bonds is 3. The molecule has 0 spiro atoms. The standard InChI is InChI=1S/C13H12F2N2O/c1-8(16)9-5-6-12(17-7-9)18-11-4-2-3-10(14)13(11)15/h2-8H,16H2,1H3/t8-/m1/s1.